The Balaban J connectivity index is 2.05. The molecule has 0 radical (unpaired) electrons. The number of ether oxygens (including phenoxy) is 1. The van der Waals surface area contributed by atoms with Gasteiger partial charge in [-0.05, 0) is 32.1 Å². The van der Waals surface area contributed by atoms with Crippen molar-refractivity contribution >= 4 is 12.0 Å². The van der Waals surface area contributed by atoms with Gasteiger partial charge in [0.2, 0.25) is 0 Å². The quantitative estimate of drug-likeness (QED) is 0.786. The van der Waals surface area contributed by atoms with Crippen LogP contribution >= 0.6 is 0 Å². The second kappa shape index (κ2) is 5.36. The summed E-state index contributed by atoms with van der Waals surface area (Å²) in [6, 6.07) is -1.01. The molecule has 2 fully saturated rings. The average molecular weight is 270 g/mol. The molecule has 0 aromatic heterocycles. The van der Waals surface area contributed by atoms with Gasteiger partial charge in [0.15, 0.2) is 0 Å². The highest BCUT2D eigenvalue weighted by Crippen LogP contribution is 2.25. The Kier molecular flexibility index (Phi) is 3.99. The van der Waals surface area contributed by atoms with E-state index in [0.29, 0.717) is 19.8 Å². The van der Waals surface area contributed by atoms with E-state index in [1.54, 1.807) is 0 Å². The fourth-order valence-electron chi connectivity index (χ4n) is 2.89. The summed E-state index contributed by atoms with van der Waals surface area (Å²) in [6.07, 6.45) is 2.46. The number of carbonyl (C=O) groups is 2. The van der Waals surface area contributed by atoms with Gasteiger partial charge in [-0.3, -0.25) is 0 Å². The number of carboxylic acid groups (broad SMARTS) is 1. The fourth-order valence-corrected chi connectivity index (χ4v) is 2.89. The highest BCUT2D eigenvalue weighted by atomic mass is 16.5. The molecule has 2 rings (SSSR count). The van der Waals surface area contributed by atoms with Gasteiger partial charge < -0.3 is 20.1 Å². The maximum absolute atomic E-state index is 12.3. The molecule has 2 heterocycles. The Hall–Kier alpha value is -1.30. The van der Waals surface area contributed by atoms with Crippen molar-refractivity contribution in [1.82, 2.24) is 10.2 Å². The lowest BCUT2D eigenvalue weighted by molar-refractivity contribution is -0.145. The number of nitrogens with zero attached hydrogens (tertiary/aromatic N) is 1. The predicted molar refractivity (Wildman–Crippen MR) is 68.9 cm³/mol. The normalized spacial score (nSPS) is 35.2. The fraction of sp³-hybridized carbons (Fsp3) is 0.846. The van der Waals surface area contributed by atoms with Gasteiger partial charge in [0.1, 0.15) is 6.04 Å². The molecular weight excluding hydrogens is 248 g/mol. The molecule has 0 aromatic rings. The Bertz CT molecular complexity index is 366. The molecule has 2 amide bonds. The first-order valence-corrected chi connectivity index (χ1v) is 6.82. The topological polar surface area (TPSA) is 78.9 Å². The molecule has 0 spiro atoms. The molecule has 2 aliphatic rings. The Morgan fingerprint density at radius 2 is 2.21 bits per heavy atom. The largest absolute Gasteiger partial charge is 0.480 e. The molecule has 3 atom stereocenters. The average Bonchev–Trinajstić information content (AvgIpc) is 2.74. The number of piperidine rings is 1. The number of hydrogen-bond donors (Lipinski definition) is 2. The van der Waals surface area contributed by atoms with Crippen LogP contribution in [0, 0.1) is 5.92 Å². The van der Waals surface area contributed by atoms with Crippen LogP contribution in [-0.2, 0) is 9.53 Å². The highest BCUT2D eigenvalue weighted by Gasteiger charge is 2.40. The Morgan fingerprint density at radius 3 is 2.79 bits per heavy atom. The minimum absolute atomic E-state index is 0.00960. The number of carboxylic acids is 1. The number of hydrogen-bond acceptors (Lipinski definition) is 3. The number of urea groups is 1. The number of likely N-dealkylation sites (tertiary alicyclic amines) is 1. The maximum atomic E-state index is 12.3. The monoisotopic (exact) mass is 270 g/mol. The predicted octanol–water partition coefficient (Wildman–Crippen LogP) is 1.06. The van der Waals surface area contributed by atoms with Crippen molar-refractivity contribution in [2.45, 2.75) is 44.7 Å². The van der Waals surface area contributed by atoms with Crippen molar-refractivity contribution in [2.24, 2.45) is 5.92 Å². The number of nitrogens with one attached hydrogen (secondary N) is 1. The first kappa shape index (κ1) is 14.1. The van der Waals surface area contributed by atoms with Crippen LogP contribution in [0.4, 0.5) is 4.79 Å². The van der Waals surface area contributed by atoms with E-state index in [2.05, 4.69) is 5.32 Å². The van der Waals surface area contributed by atoms with E-state index in [4.69, 9.17) is 4.74 Å². The summed E-state index contributed by atoms with van der Waals surface area (Å²) in [5, 5.41) is 12.2. The number of rotatable bonds is 2. The molecule has 0 aliphatic carbocycles. The van der Waals surface area contributed by atoms with Gasteiger partial charge in [-0.25, -0.2) is 9.59 Å². The van der Waals surface area contributed by atoms with Gasteiger partial charge in [0, 0.05) is 13.2 Å². The molecule has 0 bridgehead atoms. The first-order valence-electron chi connectivity index (χ1n) is 6.82. The van der Waals surface area contributed by atoms with Crippen molar-refractivity contribution in [3.63, 3.8) is 0 Å². The van der Waals surface area contributed by atoms with Gasteiger partial charge in [-0.2, -0.15) is 0 Å². The second-order valence-electron chi connectivity index (χ2n) is 5.89. The Morgan fingerprint density at radius 1 is 1.47 bits per heavy atom. The SMILES string of the molecule is CC1CCCN(C(=O)NC2(C)CCOC2)C1C(=O)O. The lowest BCUT2D eigenvalue weighted by atomic mass is 9.91. The van der Waals surface area contributed by atoms with E-state index in [1.165, 1.54) is 4.90 Å². The summed E-state index contributed by atoms with van der Waals surface area (Å²) in [7, 11) is 0. The smallest absolute Gasteiger partial charge is 0.326 e. The summed E-state index contributed by atoms with van der Waals surface area (Å²) in [4.78, 5) is 25.1. The van der Waals surface area contributed by atoms with Crippen molar-refractivity contribution in [3.8, 4) is 0 Å². The van der Waals surface area contributed by atoms with Crippen LogP contribution in [0.3, 0.4) is 0 Å². The number of aliphatic carboxylic acids is 1. The van der Waals surface area contributed by atoms with E-state index in [0.717, 1.165) is 19.3 Å². The summed E-state index contributed by atoms with van der Waals surface area (Å²) in [5.74, 6) is -0.931. The lowest BCUT2D eigenvalue weighted by Crippen LogP contribution is -2.59. The molecule has 6 nitrogen and oxygen atoms in total. The molecule has 19 heavy (non-hydrogen) atoms. The van der Waals surface area contributed by atoms with Gasteiger partial charge in [0.05, 0.1) is 12.1 Å². The van der Waals surface area contributed by atoms with Crippen molar-refractivity contribution in [1.29, 1.82) is 0 Å². The molecule has 2 saturated heterocycles. The van der Waals surface area contributed by atoms with Crippen molar-refractivity contribution in [3.05, 3.63) is 0 Å². The molecule has 0 aromatic carbocycles. The summed E-state index contributed by atoms with van der Waals surface area (Å²) in [5.41, 5.74) is -0.374. The van der Waals surface area contributed by atoms with E-state index in [9.17, 15) is 14.7 Å². The summed E-state index contributed by atoms with van der Waals surface area (Å²) >= 11 is 0. The third-order valence-corrected chi connectivity index (χ3v) is 4.07. The third-order valence-electron chi connectivity index (χ3n) is 4.07. The third kappa shape index (κ3) is 3.00. The van der Waals surface area contributed by atoms with E-state index >= 15 is 0 Å². The number of carbonyl (C=O) groups excluding carboxylic acids is 1. The van der Waals surface area contributed by atoms with Crippen LogP contribution in [0.1, 0.15) is 33.1 Å². The molecule has 6 heteroatoms. The summed E-state index contributed by atoms with van der Waals surface area (Å²) < 4.78 is 5.29. The standard InChI is InChI=1S/C13H22N2O4/c1-9-4-3-6-15(10(9)11(16)17)12(18)14-13(2)5-7-19-8-13/h9-10H,3-8H2,1-2H3,(H,14,18)(H,16,17). The summed E-state index contributed by atoms with van der Waals surface area (Å²) in [6.45, 7) is 5.44. The molecule has 0 saturated carbocycles. The molecule has 3 unspecified atom stereocenters. The minimum Gasteiger partial charge on any atom is -0.480 e. The van der Waals surface area contributed by atoms with Crippen molar-refractivity contribution < 1.29 is 19.4 Å². The first-order chi connectivity index (χ1) is 8.93. The van der Waals surface area contributed by atoms with Gasteiger partial charge >= 0.3 is 12.0 Å². The van der Waals surface area contributed by atoms with Gasteiger partial charge in [0.25, 0.3) is 0 Å². The number of amides is 2. The Labute approximate surface area is 113 Å². The van der Waals surface area contributed by atoms with E-state index < -0.39 is 12.0 Å². The zero-order chi connectivity index (χ0) is 14.0. The molecular formula is C13H22N2O4. The van der Waals surface area contributed by atoms with Gasteiger partial charge in [-0.15, -0.1) is 0 Å². The maximum Gasteiger partial charge on any atom is 0.326 e. The van der Waals surface area contributed by atoms with Crippen LogP contribution in [0.15, 0.2) is 0 Å². The van der Waals surface area contributed by atoms with E-state index in [1.807, 2.05) is 13.8 Å². The van der Waals surface area contributed by atoms with Crippen molar-refractivity contribution in [2.75, 3.05) is 19.8 Å². The van der Waals surface area contributed by atoms with Crippen LogP contribution < -0.4 is 5.32 Å². The van der Waals surface area contributed by atoms with Crippen LogP contribution in [0.5, 0.6) is 0 Å². The zero-order valence-corrected chi connectivity index (χ0v) is 11.5. The zero-order valence-electron chi connectivity index (χ0n) is 11.5. The van der Waals surface area contributed by atoms with Crippen LogP contribution in [0.2, 0.25) is 0 Å². The van der Waals surface area contributed by atoms with Crippen LogP contribution in [-0.4, -0.2) is 53.3 Å². The molecule has 108 valence electrons. The minimum atomic E-state index is -0.921. The highest BCUT2D eigenvalue weighted by molar-refractivity contribution is 5.83. The van der Waals surface area contributed by atoms with Gasteiger partial charge in [-0.1, -0.05) is 6.92 Å². The molecule has 2 N–H and O–H groups in total. The lowest BCUT2D eigenvalue weighted by Gasteiger charge is -2.39. The second-order valence-corrected chi connectivity index (χ2v) is 5.89. The molecule has 2 aliphatic heterocycles. The van der Waals surface area contributed by atoms with E-state index in [-0.39, 0.29) is 17.5 Å². The van der Waals surface area contributed by atoms with Crippen LogP contribution in [0.25, 0.3) is 0 Å².